The normalized spacial score (nSPS) is 19.5. The fourth-order valence-electron chi connectivity index (χ4n) is 3.61. The lowest BCUT2D eigenvalue weighted by Gasteiger charge is -2.32. The van der Waals surface area contributed by atoms with Crippen LogP contribution in [0.2, 0.25) is 5.02 Å². The number of benzene rings is 2. The highest BCUT2D eigenvalue weighted by molar-refractivity contribution is 6.31. The van der Waals surface area contributed by atoms with Crippen LogP contribution in [0.1, 0.15) is 28.8 Å². The molecule has 0 unspecified atom stereocenters. The average Bonchev–Trinajstić information content (AvgIpc) is 3.12. The summed E-state index contributed by atoms with van der Waals surface area (Å²) in [6.45, 7) is 2.03. The highest BCUT2D eigenvalue weighted by Gasteiger charge is 2.28. The lowest BCUT2D eigenvalue weighted by Crippen LogP contribution is -2.38. The van der Waals surface area contributed by atoms with Crippen molar-refractivity contribution in [1.82, 2.24) is 4.90 Å². The molecule has 0 bridgehead atoms. The number of ether oxygens (including phenoxy) is 2. The lowest BCUT2D eigenvalue weighted by atomic mass is 9.89. The van der Waals surface area contributed by atoms with E-state index < -0.39 is 0 Å². The van der Waals surface area contributed by atoms with Crippen molar-refractivity contribution in [1.29, 1.82) is 0 Å². The predicted molar refractivity (Wildman–Crippen MR) is 96.3 cm³/mol. The van der Waals surface area contributed by atoms with Crippen LogP contribution >= 0.6 is 11.6 Å². The minimum absolute atomic E-state index is 0.0904. The fourth-order valence-corrected chi connectivity index (χ4v) is 3.83. The Balaban J connectivity index is 1.47. The van der Waals surface area contributed by atoms with Crippen molar-refractivity contribution in [2.75, 3.05) is 19.9 Å². The third-order valence-corrected chi connectivity index (χ3v) is 5.33. The summed E-state index contributed by atoms with van der Waals surface area (Å²) in [7, 11) is 0. The summed E-state index contributed by atoms with van der Waals surface area (Å²) in [4.78, 5) is 15.0. The number of carbonyl (C=O) groups excluding carboxylic acids is 1. The molecular formula is C20H19ClFNO3. The molecule has 6 heteroatoms. The highest BCUT2D eigenvalue weighted by atomic mass is 35.5. The Kier molecular flexibility index (Phi) is 4.83. The first kappa shape index (κ1) is 17.3. The van der Waals surface area contributed by atoms with E-state index in [9.17, 15) is 9.18 Å². The SMILES string of the molecule is O=C(c1ccc2c(c1)OCO2)[C@H]1CCCN(Cc2c(F)cccc2Cl)C1. The average molecular weight is 376 g/mol. The molecule has 4 nitrogen and oxygen atoms in total. The zero-order valence-electron chi connectivity index (χ0n) is 14.2. The number of rotatable bonds is 4. The Labute approximate surface area is 156 Å². The Morgan fingerprint density at radius 3 is 2.92 bits per heavy atom. The number of Topliss-reactive ketones (excluding diaryl/α,β-unsaturated/α-hetero) is 1. The van der Waals surface area contributed by atoms with Crippen LogP contribution in [0.5, 0.6) is 11.5 Å². The summed E-state index contributed by atoms with van der Waals surface area (Å²) in [5.41, 5.74) is 1.12. The lowest BCUT2D eigenvalue weighted by molar-refractivity contribution is 0.0810. The van der Waals surface area contributed by atoms with Gasteiger partial charge in [0.25, 0.3) is 0 Å². The molecule has 0 amide bonds. The van der Waals surface area contributed by atoms with Gasteiger partial charge in [0, 0.05) is 35.2 Å². The molecule has 2 aliphatic rings. The van der Waals surface area contributed by atoms with Crippen molar-refractivity contribution in [3.8, 4) is 11.5 Å². The predicted octanol–water partition coefficient (Wildman–Crippen LogP) is 4.30. The molecule has 0 N–H and O–H groups in total. The van der Waals surface area contributed by atoms with Gasteiger partial charge in [-0.1, -0.05) is 17.7 Å². The smallest absolute Gasteiger partial charge is 0.231 e. The number of carbonyl (C=O) groups is 1. The molecule has 1 fully saturated rings. The molecule has 4 rings (SSSR count). The molecule has 26 heavy (non-hydrogen) atoms. The molecule has 0 radical (unpaired) electrons. The molecule has 1 atom stereocenters. The number of likely N-dealkylation sites (tertiary alicyclic amines) is 1. The zero-order chi connectivity index (χ0) is 18.1. The zero-order valence-corrected chi connectivity index (χ0v) is 15.0. The van der Waals surface area contributed by atoms with E-state index >= 15 is 0 Å². The van der Waals surface area contributed by atoms with Crippen LogP contribution in [-0.2, 0) is 6.54 Å². The highest BCUT2D eigenvalue weighted by Crippen LogP contribution is 2.34. The Morgan fingerprint density at radius 1 is 1.23 bits per heavy atom. The van der Waals surface area contributed by atoms with Crippen LogP contribution in [0.25, 0.3) is 0 Å². The monoisotopic (exact) mass is 375 g/mol. The molecule has 0 aromatic heterocycles. The van der Waals surface area contributed by atoms with Crippen molar-refractivity contribution in [3.05, 3.63) is 58.4 Å². The van der Waals surface area contributed by atoms with Crippen LogP contribution in [0.4, 0.5) is 4.39 Å². The molecule has 2 aromatic carbocycles. The maximum Gasteiger partial charge on any atom is 0.231 e. The fraction of sp³-hybridized carbons (Fsp3) is 0.350. The quantitative estimate of drug-likeness (QED) is 0.747. The van der Waals surface area contributed by atoms with Gasteiger partial charge in [-0.15, -0.1) is 0 Å². The van der Waals surface area contributed by atoms with Crippen LogP contribution in [0.15, 0.2) is 36.4 Å². The summed E-state index contributed by atoms with van der Waals surface area (Å²) >= 11 is 6.14. The van der Waals surface area contributed by atoms with Gasteiger partial charge >= 0.3 is 0 Å². The molecule has 2 aromatic rings. The van der Waals surface area contributed by atoms with E-state index in [4.69, 9.17) is 21.1 Å². The van der Waals surface area contributed by atoms with E-state index in [1.165, 1.54) is 6.07 Å². The maximum atomic E-state index is 14.0. The standard InChI is InChI=1S/C20H19ClFNO3/c21-16-4-1-5-17(22)15(16)11-23-8-2-3-14(10-23)20(24)13-6-7-18-19(9-13)26-12-25-18/h1,4-7,9,14H,2-3,8,10-12H2/t14-/m0/s1. The first-order chi connectivity index (χ1) is 12.6. The van der Waals surface area contributed by atoms with Crippen LogP contribution in [-0.4, -0.2) is 30.6 Å². The number of ketones is 1. The molecule has 2 aliphatic heterocycles. The minimum Gasteiger partial charge on any atom is -0.454 e. The topological polar surface area (TPSA) is 38.8 Å². The summed E-state index contributed by atoms with van der Waals surface area (Å²) < 4.78 is 24.7. The van der Waals surface area contributed by atoms with Gasteiger partial charge in [0.1, 0.15) is 5.82 Å². The Hall–Kier alpha value is -2.11. The van der Waals surface area contributed by atoms with Crippen molar-refractivity contribution in [2.45, 2.75) is 19.4 Å². The molecule has 0 spiro atoms. The van der Waals surface area contributed by atoms with Gasteiger partial charge in [0.15, 0.2) is 17.3 Å². The summed E-state index contributed by atoms with van der Waals surface area (Å²) in [6, 6.07) is 10.0. The first-order valence-electron chi connectivity index (χ1n) is 8.71. The Bertz CT molecular complexity index is 822. The van der Waals surface area contributed by atoms with E-state index in [1.807, 2.05) is 0 Å². The van der Waals surface area contributed by atoms with E-state index in [0.29, 0.717) is 40.7 Å². The molecule has 2 heterocycles. The van der Waals surface area contributed by atoms with Crippen molar-refractivity contribution < 1.29 is 18.7 Å². The van der Waals surface area contributed by atoms with E-state index in [1.54, 1.807) is 30.3 Å². The third-order valence-electron chi connectivity index (χ3n) is 4.98. The molecular weight excluding hydrogens is 357 g/mol. The minimum atomic E-state index is -0.304. The number of hydrogen-bond donors (Lipinski definition) is 0. The van der Waals surface area contributed by atoms with E-state index in [0.717, 1.165) is 19.4 Å². The van der Waals surface area contributed by atoms with Crippen molar-refractivity contribution >= 4 is 17.4 Å². The second-order valence-corrected chi connectivity index (χ2v) is 7.11. The van der Waals surface area contributed by atoms with Gasteiger partial charge in [-0.05, 0) is 49.7 Å². The molecule has 0 aliphatic carbocycles. The van der Waals surface area contributed by atoms with Gasteiger partial charge in [-0.2, -0.15) is 0 Å². The number of hydrogen-bond acceptors (Lipinski definition) is 4. The number of fused-ring (bicyclic) bond motifs is 1. The third kappa shape index (κ3) is 3.41. The van der Waals surface area contributed by atoms with Gasteiger partial charge < -0.3 is 9.47 Å². The number of nitrogens with zero attached hydrogens (tertiary/aromatic N) is 1. The van der Waals surface area contributed by atoms with Crippen LogP contribution < -0.4 is 9.47 Å². The second-order valence-electron chi connectivity index (χ2n) is 6.71. The van der Waals surface area contributed by atoms with Gasteiger partial charge in [-0.3, -0.25) is 9.69 Å². The van der Waals surface area contributed by atoms with Gasteiger partial charge in [0.2, 0.25) is 6.79 Å². The summed E-state index contributed by atoms with van der Waals surface area (Å²) in [6.07, 6.45) is 1.72. The first-order valence-corrected chi connectivity index (χ1v) is 9.09. The van der Waals surface area contributed by atoms with Crippen molar-refractivity contribution in [3.63, 3.8) is 0 Å². The second kappa shape index (κ2) is 7.25. The Morgan fingerprint density at radius 2 is 2.08 bits per heavy atom. The number of halogens is 2. The van der Waals surface area contributed by atoms with Gasteiger partial charge in [-0.25, -0.2) is 4.39 Å². The molecule has 0 saturated carbocycles. The largest absolute Gasteiger partial charge is 0.454 e. The summed E-state index contributed by atoms with van der Waals surface area (Å²) in [5, 5.41) is 0.425. The molecule has 136 valence electrons. The van der Waals surface area contributed by atoms with Crippen molar-refractivity contribution in [2.24, 2.45) is 5.92 Å². The van der Waals surface area contributed by atoms with Crippen LogP contribution in [0, 0.1) is 11.7 Å². The summed E-state index contributed by atoms with van der Waals surface area (Å²) in [5.74, 6) is 0.951. The number of piperidine rings is 1. The molecule has 1 saturated heterocycles. The van der Waals surface area contributed by atoms with Gasteiger partial charge in [0.05, 0.1) is 0 Å². The van der Waals surface area contributed by atoms with Crippen LogP contribution in [0.3, 0.4) is 0 Å². The maximum absolute atomic E-state index is 14.0. The van der Waals surface area contributed by atoms with E-state index in [2.05, 4.69) is 4.90 Å². The van der Waals surface area contributed by atoms with E-state index in [-0.39, 0.29) is 24.3 Å².